The summed E-state index contributed by atoms with van der Waals surface area (Å²) in [4.78, 5) is 2.82. The molecule has 0 aromatic heterocycles. The SMILES string of the molecule is [N-]=[N+]=Nc1cccc(C2CC(c3ccc(CN)cc3)=NN2)c1. The van der Waals surface area contributed by atoms with Crippen LogP contribution in [0, 0.1) is 0 Å². The standard InChI is InChI=1S/C16H16N6/c17-10-11-4-6-12(7-5-11)15-9-16(21-20-15)13-2-1-3-14(8-13)19-22-18/h1-8,16,21H,9-10,17H2. The Morgan fingerprint density at radius 3 is 2.82 bits per heavy atom. The summed E-state index contributed by atoms with van der Waals surface area (Å²) in [5, 5.41) is 8.07. The molecular weight excluding hydrogens is 276 g/mol. The summed E-state index contributed by atoms with van der Waals surface area (Å²) in [6, 6.07) is 15.8. The van der Waals surface area contributed by atoms with Gasteiger partial charge in [0.1, 0.15) is 0 Å². The van der Waals surface area contributed by atoms with E-state index in [2.05, 4.69) is 20.6 Å². The maximum absolute atomic E-state index is 8.52. The van der Waals surface area contributed by atoms with Crippen LogP contribution in [0.4, 0.5) is 5.69 Å². The highest BCUT2D eigenvalue weighted by Crippen LogP contribution is 2.27. The minimum Gasteiger partial charge on any atom is -0.326 e. The van der Waals surface area contributed by atoms with Crippen molar-refractivity contribution in [1.29, 1.82) is 0 Å². The van der Waals surface area contributed by atoms with Crippen molar-refractivity contribution < 1.29 is 0 Å². The first-order valence-corrected chi connectivity index (χ1v) is 7.06. The number of hydrogen-bond donors (Lipinski definition) is 2. The van der Waals surface area contributed by atoms with Crippen LogP contribution in [0.15, 0.2) is 58.7 Å². The van der Waals surface area contributed by atoms with E-state index < -0.39 is 0 Å². The third-order valence-electron chi connectivity index (χ3n) is 3.71. The van der Waals surface area contributed by atoms with Crippen LogP contribution < -0.4 is 11.2 Å². The second kappa shape index (κ2) is 6.30. The van der Waals surface area contributed by atoms with Gasteiger partial charge < -0.3 is 11.2 Å². The lowest BCUT2D eigenvalue weighted by Crippen LogP contribution is -2.09. The molecule has 1 aliphatic rings. The molecule has 22 heavy (non-hydrogen) atoms. The van der Waals surface area contributed by atoms with Crippen molar-refractivity contribution in [3.63, 3.8) is 0 Å². The van der Waals surface area contributed by atoms with Gasteiger partial charge in [0.15, 0.2) is 0 Å². The van der Waals surface area contributed by atoms with Crippen molar-refractivity contribution in [2.75, 3.05) is 0 Å². The number of rotatable bonds is 4. The molecular formula is C16H16N6. The molecule has 1 aliphatic heterocycles. The molecule has 0 bridgehead atoms. The Hall–Kier alpha value is -2.82. The predicted molar refractivity (Wildman–Crippen MR) is 86.6 cm³/mol. The molecule has 0 radical (unpaired) electrons. The van der Waals surface area contributed by atoms with Crippen molar-refractivity contribution in [2.24, 2.45) is 15.9 Å². The van der Waals surface area contributed by atoms with Crippen LogP contribution >= 0.6 is 0 Å². The summed E-state index contributed by atoms with van der Waals surface area (Å²) >= 11 is 0. The Balaban J connectivity index is 1.75. The smallest absolute Gasteiger partial charge is 0.0745 e. The van der Waals surface area contributed by atoms with E-state index in [9.17, 15) is 0 Å². The molecule has 1 unspecified atom stereocenters. The molecule has 2 aromatic rings. The van der Waals surface area contributed by atoms with Crippen molar-refractivity contribution in [3.8, 4) is 0 Å². The lowest BCUT2D eigenvalue weighted by molar-refractivity contribution is 0.620. The third-order valence-corrected chi connectivity index (χ3v) is 3.71. The van der Waals surface area contributed by atoms with E-state index in [4.69, 9.17) is 11.3 Å². The summed E-state index contributed by atoms with van der Waals surface area (Å²) in [6.07, 6.45) is 0.793. The average molecular weight is 292 g/mol. The number of nitrogens with one attached hydrogen (secondary N) is 1. The summed E-state index contributed by atoms with van der Waals surface area (Å²) < 4.78 is 0. The summed E-state index contributed by atoms with van der Waals surface area (Å²) in [7, 11) is 0. The van der Waals surface area contributed by atoms with Crippen molar-refractivity contribution >= 4 is 11.4 Å². The maximum Gasteiger partial charge on any atom is 0.0745 e. The summed E-state index contributed by atoms with van der Waals surface area (Å²) in [5.74, 6) is 0. The van der Waals surface area contributed by atoms with Crippen molar-refractivity contribution in [3.05, 3.63) is 75.7 Å². The average Bonchev–Trinajstić information content (AvgIpc) is 3.06. The Labute approximate surface area is 128 Å². The molecule has 1 atom stereocenters. The molecule has 6 nitrogen and oxygen atoms in total. The molecule has 3 rings (SSSR count). The Bertz CT molecular complexity index is 743. The topological polar surface area (TPSA) is 99.2 Å². The highest BCUT2D eigenvalue weighted by atomic mass is 15.3. The lowest BCUT2D eigenvalue weighted by Gasteiger charge is -2.10. The zero-order valence-electron chi connectivity index (χ0n) is 12.0. The fraction of sp³-hybridized carbons (Fsp3) is 0.188. The first-order chi connectivity index (χ1) is 10.8. The van der Waals surface area contributed by atoms with Crippen LogP contribution in [0.3, 0.4) is 0 Å². The lowest BCUT2D eigenvalue weighted by atomic mass is 9.98. The molecule has 0 aliphatic carbocycles. The number of benzene rings is 2. The van der Waals surface area contributed by atoms with Gasteiger partial charge in [0.25, 0.3) is 0 Å². The van der Waals surface area contributed by atoms with Gasteiger partial charge >= 0.3 is 0 Å². The van der Waals surface area contributed by atoms with Gasteiger partial charge in [0.05, 0.1) is 11.8 Å². The Kier molecular flexibility index (Phi) is 4.05. The van der Waals surface area contributed by atoms with Crippen LogP contribution in [-0.2, 0) is 6.54 Å². The monoisotopic (exact) mass is 292 g/mol. The van der Waals surface area contributed by atoms with E-state index in [0.717, 1.165) is 28.8 Å². The van der Waals surface area contributed by atoms with E-state index in [1.165, 1.54) is 0 Å². The molecule has 6 heteroatoms. The first kappa shape index (κ1) is 14.1. The molecule has 3 N–H and O–H groups in total. The van der Waals surface area contributed by atoms with Gasteiger partial charge in [-0.15, -0.1) is 0 Å². The Morgan fingerprint density at radius 1 is 1.27 bits per heavy atom. The van der Waals surface area contributed by atoms with Crippen LogP contribution in [0.1, 0.15) is 29.2 Å². The highest BCUT2D eigenvalue weighted by Gasteiger charge is 2.21. The van der Waals surface area contributed by atoms with Crippen LogP contribution in [0.5, 0.6) is 0 Å². The number of hydrogen-bond acceptors (Lipinski definition) is 4. The van der Waals surface area contributed by atoms with Gasteiger partial charge in [-0.05, 0) is 28.3 Å². The molecule has 0 saturated heterocycles. The minimum absolute atomic E-state index is 0.0954. The fourth-order valence-electron chi connectivity index (χ4n) is 2.50. The highest BCUT2D eigenvalue weighted by molar-refractivity contribution is 6.01. The number of nitrogens with two attached hydrogens (primary N) is 1. The first-order valence-electron chi connectivity index (χ1n) is 7.06. The quantitative estimate of drug-likeness (QED) is 0.512. The van der Waals surface area contributed by atoms with E-state index in [-0.39, 0.29) is 6.04 Å². The number of azide groups is 1. The normalized spacial score (nSPS) is 16.6. The largest absolute Gasteiger partial charge is 0.326 e. The second-order valence-corrected chi connectivity index (χ2v) is 5.13. The van der Waals surface area contributed by atoms with Gasteiger partial charge in [-0.1, -0.05) is 47.6 Å². The van der Waals surface area contributed by atoms with Crippen molar-refractivity contribution in [2.45, 2.75) is 19.0 Å². The van der Waals surface area contributed by atoms with E-state index >= 15 is 0 Å². The molecule has 1 heterocycles. The number of hydrazone groups is 1. The zero-order chi connectivity index (χ0) is 15.4. The van der Waals surface area contributed by atoms with Crippen molar-refractivity contribution in [1.82, 2.24) is 5.43 Å². The molecule has 0 spiro atoms. The van der Waals surface area contributed by atoms with E-state index in [0.29, 0.717) is 12.2 Å². The summed E-state index contributed by atoms with van der Waals surface area (Å²) in [6.45, 7) is 0.542. The molecule has 0 saturated carbocycles. The maximum atomic E-state index is 8.52. The fourth-order valence-corrected chi connectivity index (χ4v) is 2.50. The number of nitrogens with zero attached hydrogens (tertiary/aromatic N) is 4. The Morgan fingerprint density at radius 2 is 2.09 bits per heavy atom. The molecule has 110 valence electrons. The van der Waals surface area contributed by atoms with E-state index in [1.54, 1.807) is 6.07 Å². The predicted octanol–water partition coefficient (Wildman–Crippen LogP) is 3.53. The zero-order valence-corrected chi connectivity index (χ0v) is 12.0. The van der Waals surface area contributed by atoms with Crippen LogP contribution in [-0.4, -0.2) is 5.71 Å². The van der Waals surface area contributed by atoms with Crippen LogP contribution in [0.2, 0.25) is 0 Å². The summed E-state index contributed by atoms with van der Waals surface area (Å²) in [5.41, 5.74) is 22.2. The van der Waals surface area contributed by atoms with Gasteiger partial charge in [-0.25, -0.2) is 0 Å². The van der Waals surface area contributed by atoms with Gasteiger partial charge in [-0.2, -0.15) is 5.10 Å². The van der Waals surface area contributed by atoms with Gasteiger partial charge in [0, 0.05) is 23.6 Å². The minimum atomic E-state index is 0.0954. The molecule has 0 fully saturated rings. The van der Waals surface area contributed by atoms with Gasteiger partial charge in [-0.3, -0.25) is 0 Å². The van der Waals surface area contributed by atoms with Gasteiger partial charge in [0.2, 0.25) is 0 Å². The molecule has 0 amide bonds. The third kappa shape index (κ3) is 2.93. The van der Waals surface area contributed by atoms with E-state index in [1.807, 2.05) is 42.5 Å². The molecule has 2 aromatic carbocycles. The van der Waals surface area contributed by atoms with Crippen LogP contribution in [0.25, 0.3) is 10.4 Å². The second-order valence-electron chi connectivity index (χ2n) is 5.13.